The van der Waals surface area contributed by atoms with Crippen molar-refractivity contribution in [2.45, 2.75) is 76.1 Å². The molecule has 2 rings (SSSR count). The Labute approximate surface area is 157 Å². The first kappa shape index (κ1) is 21.0. The van der Waals surface area contributed by atoms with Gasteiger partial charge in [0.25, 0.3) is 0 Å². The van der Waals surface area contributed by atoms with E-state index in [9.17, 15) is 13.2 Å². The molecule has 0 heterocycles. The summed E-state index contributed by atoms with van der Waals surface area (Å²) in [6.45, 7) is 5.45. The quantitative estimate of drug-likeness (QED) is 0.471. The van der Waals surface area contributed by atoms with Gasteiger partial charge in [0.2, 0.25) is 5.91 Å². The molecule has 0 radical (unpaired) electrons. The molecule has 8 heteroatoms. The van der Waals surface area contributed by atoms with E-state index in [1.165, 1.54) is 0 Å². The highest BCUT2D eigenvalue weighted by atomic mass is 32.2. The minimum absolute atomic E-state index is 0.0567. The van der Waals surface area contributed by atoms with E-state index in [4.69, 9.17) is 0 Å². The number of hydrogen-bond acceptors (Lipinski definition) is 4. The zero-order valence-corrected chi connectivity index (χ0v) is 17.3. The average molecular weight is 387 g/mol. The highest BCUT2D eigenvalue weighted by Crippen LogP contribution is 2.26. The van der Waals surface area contributed by atoms with Gasteiger partial charge in [-0.15, -0.1) is 0 Å². The average Bonchev–Trinajstić information content (AvgIpc) is 3.37. The summed E-state index contributed by atoms with van der Waals surface area (Å²) in [5, 5.41) is 9.54. The predicted octanol–water partition coefficient (Wildman–Crippen LogP) is 1.20. The van der Waals surface area contributed by atoms with Crippen LogP contribution in [0, 0.1) is 5.92 Å². The van der Waals surface area contributed by atoms with Crippen LogP contribution in [0.2, 0.25) is 0 Å². The van der Waals surface area contributed by atoms with Crippen molar-refractivity contribution in [2.75, 3.05) is 19.3 Å². The summed E-state index contributed by atoms with van der Waals surface area (Å²) in [5.41, 5.74) is 0. The molecule has 0 aliphatic heterocycles. The van der Waals surface area contributed by atoms with Gasteiger partial charge in [-0.3, -0.25) is 9.79 Å². The van der Waals surface area contributed by atoms with Crippen molar-refractivity contribution in [3.8, 4) is 0 Å². The normalized spacial score (nSPS) is 24.8. The van der Waals surface area contributed by atoms with Gasteiger partial charge in [0.05, 0.1) is 10.5 Å². The Morgan fingerprint density at radius 3 is 2.35 bits per heavy atom. The maximum atomic E-state index is 12.3. The highest BCUT2D eigenvalue weighted by molar-refractivity contribution is 7.92. The standard InChI is InChI=1S/C18H34N4O3S/c1-18(2,3)26(24,25)11-10-20-17(19-4)22-15-7-5-6-13(12-15)16(23)21-14-8-9-14/h13-15H,5-12H2,1-4H3,(H,21,23)(H2,19,20,22). The molecule has 150 valence electrons. The summed E-state index contributed by atoms with van der Waals surface area (Å²) in [7, 11) is -1.48. The van der Waals surface area contributed by atoms with E-state index in [0.29, 0.717) is 18.5 Å². The number of amides is 1. The van der Waals surface area contributed by atoms with Gasteiger partial charge in [-0.25, -0.2) is 8.42 Å². The molecule has 1 amide bonds. The lowest BCUT2D eigenvalue weighted by molar-refractivity contribution is -0.126. The van der Waals surface area contributed by atoms with Gasteiger partial charge in [0.1, 0.15) is 0 Å². The molecule has 26 heavy (non-hydrogen) atoms. The Morgan fingerprint density at radius 1 is 1.08 bits per heavy atom. The Balaban J connectivity index is 1.78. The van der Waals surface area contributed by atoms with Crippen molar-refractivity contribution in [3.63, 3.8) is 0 Å². The second-order valence-corrected chi connectivity index (χ2v) is 11.3. The van der Waals surface area contributed by atoms with Crippen molar-refractivity contribution in [2.24, 2.45) is 10.9 Å². The molecule has 0 aromatic heterocycles. The van der Waals surface area contributed by atoms with Crippen LogP contribution in [0.5, 0.6) is 0 Å². The summed E-state index contributed by atoms with van der Waals surface area (Å²) in [5.74, 6) is 0.899. The molecule has 7 nitrogen and oxygen atoms in total. The first-order chi connectivity index (χ1) is 12.1. The maximum Gasteiger partial charge on any atom is 0.223 e. The molecule has 0 aromatic carbocycles. The van der Waals surface area contributed by atoms with Gasteiger partial charge in [0.15, 0.2) is 15.8 Å². The molecule has 2 aliphatic carbocycles. The summed E-state index contributed by atoms with van der Waals surface area (Å²) in [6, 6.07) is 0.583. The largest absolute Gasteiger partial charge is 0.355 e. The van der Waals surface area contributed by atoms with Crippen molar-refractivity contribution >= 4 is 21.7 Å². The van der Waals surface area contributed by atoms with E-state index in [-0.39, 0.29) is 23.6 Å². The Morgan fingerprint density at radius 2 is 1.77 bits per heavy atom. The number of guanidine groups is 1. The fourth-order valence-corrected chi connectivity index (χ4v) is 4.09. The van der Waals surface area contributed by atoms with Gasteiger partial charge in [0, 0.05) is 31.6 Å². The van der Waals surface area contributed by atoms with Crippen molar-refractivity contribution in [3.05, 3.63) is 0 Å². The SMILES string of the molecule is CN=C(NCCS(=O)(=O)C(C)(C)C)NC1CCCC(C(=O)NC2CC2)C1. The van der Waals surface area contributed by atoms with Gasteiger partial charge in [-0.2, -0.15) is 0 Å². The minimum Gasteiger partial charge on any atom is -0.355 e. The lowest BCUT2D eigenvalue weighted by Gasteiger charge is -2.30. The van der Waals surface area contributed by atoms with E-state index < -0.39 is 14.6 Å². The Kier molecular flexibility index (Phi) is 6.93. The van der Waals surface area contributed by atoms with Crippen LogP contribution in [0.3, 0.4) is 0 Å². The van der Waals surface area contributed by atoms with E-state index in [1.807, 2.05) is 0 Å². The highest BCUT2D eigenvalue weighted by Gasteiger charge is 2.32. The molecular formula is C18H34N4O3S. The number of aliphatic imine (C=N–C) groups is 1. The van der Waals surface area contributed by atoms with Crippen molar-refractivity contribution in [1.29, 1.82) is 0 Å². The van der Waals surface area contributed by atoms with E-state index in [0.717, 1.165) is 38.5 Å². The summed E-state index contributed by atoms with van der Waals surface area (Å²) in [4.78, 5) is 16.5. The van der Waals surface area contributed by atoms with Crippen LogP contribution in [-0.2, 0) is 14.6 Å². The number of nitrogens with one attached hydrogen (secondary N) is 3. The molecular weight excluding hydrogens is 352 g/mol. The number of carbonyl (C=O) groups excluding carboxylic acids is 1. The molecule has 3 N–H and O–H groups in total. The Bertz CT molecular complexity index is 621. The van der Waals surface area contributed by atoms with Crippen molar-refractivity contribution < 1.29 is 13.2 Å². The second kappa shape index (κ2) is 8.59. The van der Waals surface area contributed by atoms with Crippen LogP contribution in [-0.4, -0.2) is 56.5 Å². The van der Waals surface area contributed by atoms with Gasteiger partial charge in [-0.05, 0) is 52.9 Å². The third-order valence-electron chi connectivity index (χ3n) is 5.13. The topological polar surface area (TPSA) is 99.7 Å². The molecule has 2 atom stereocenters. The maximum absolute atomic E-state index is 12.3. The van der Waals surface area contributed by atoms with Crippen LogP contribution in [0.1, 0.15) is 59.3 Å². The van der Waals surface area contributed by atoms with Crippen molar-refractivity contribution in [1.82, 2.24) is 16.0 Å². The molecule has 2 unspecified atom stereocenters. The fourth-order valence-electron chi connectivity index (χ4n) is 3.10. The van der Waals surface area contributed by atoms with Crippen LogP contribution in [0.15, 0.2) is 4.99 Å². The van der Waals surface area contributed by atoms with Gasteiger partial charge >= 0.3 is 0 Å². The van der Waals surface area contributed by atoms with Crippen LogP contribution >= 0.6 is 0 Å². The summed E-state index contributed by atoms with van der Waals surface area (Å²) < 4.78 is 23.6. The smallest absolute Gasteiger partial charge is 0.223 e. The molecule has 0 bridgehead atoms. The number of hydrogen-bond donors (Lipinski definition) is 3. The summed E-state index contributed by atoms with van der Waals surface area (Å²) >= 11 is 0. The molecule has 0 saturated heterocycles. The van der Waals surface area contributed by atoms with Gasteiger partial charge in [-0.1, -0.05) is 6.42 Å². The van der Waals surface area contributed by atoms with E-state index >= 15 is 0 Å². The third kappa shape index (κ3) is 6.14. The fraction of sp³-hybridized carbons (Fsp3) is 0.889. The lowest BCUT2D eigenvalue weighted by atomic mass is 9.85. The first-order valence-electron chi connectivity index (χ1n) is 9.62. The van der Waals surface area contributed by atoms with Crippen LogP contribution in [0.4, 0.5) is 0 Å². The molecule has 2 aliphatic rings. The Hall–Kier alpha value is -1.31. The lowest BCUT2D eigenvalue weighted by Crippen LogP contribution is -2.48. The number of sulfone groups is 1. The molecule has 2 saturated carbocycles. The zero-order chi connectivity index (χ0) is 19.4. The summed E-state index contributed by atoms with van der Waals surface area (Å²) in [6.07, 6.45) is 5.94. The van der Waals surface area contributed by atoms with Crippen LogP contribution in [0.25, 0.3) is 0 Å². The first-order valence-corrected chi connectivity index (χ1v) is 11.3. The third-order valence-corrected chi connectivity index (χ3v) is 7.74. The monoisotopic (exact) mass is 386 g/mol. The van der Waals surface area contributed by atoms with Gasteiger partial charge < -0.3 is 16.0 Å². The molecule has 2 fully saturated rings. The zero-order valence-electron chi connectivity index (χ0n) is 16.5. The minimum atomic E-state index is -3.16. The van der Waals surface area contributed by atoms with Crippen LogP contribution < -0.4 is 16.0 Å². The number of rotatable bonds is 6. The molecule has 0 aromatic rings. The van der Waals surface area contributed by atoms with E-state index in [2.05, 4.69) is 20.9 Å². The van der Waals surface area contributed by atoms with E-state index in [1.54, 1.807) is 27.8 Å². The number of nitrogens with zero attached hydrogens (tertiary/aromatic N) is 1. The molecule has 0 spiro atoms. The second-order valence-electron chi connectivity index (χ2n) is 8.42. The number of carbonyl (C=O) groups is 1. The predicted molar refractivity (Wildman–Crippen MR) is 105 cm³/mol.